The summed E-state index contributed by atoms with van der Waals surface area (Å²) in [5, 5.41) is 140. The number of imidazole rings is 1. The fourth-order valence-corrected chi connectivity index (χ4v) is 14.4. The summed E-state index contributed by atoms with van der Waals surface area (Å²) in [6, 6.07) is -31.2. The molecule has 832 valence electrons. The summed E-state index contributed by atoms with van der Waals surface area (Å²) in [5.41, 5.74) is 44.6. The van der Waals surface area contributed by atoms with Crippen molar-refractivity contribution in [3.63, 3.8) is 0 Å². The number of carboxylic acid groups (broad SMARTS) is 3. The Morgan fingerprint density at radius 2 is 0.764 bits per heavy atom. The van der Waals surface area contributed by atoms with Gasteiger partial charge in [-0.15, -0.1) is 0 Å². The van der Waals surface area contributed by atoms with Crippen LogP contribution in [0.1, 0.15) is 168 Å². The average Bonchev–Trinajstić information content (AvgIpc) is 1.64. The van der Waals surface area contributed by atoms with E-state index >= 15 is 0 Å². The molecule has 63 heteroatoms. The first-order valence-corrected chi connectivity index (χ1v) is 47.6. The molecule has 1 aromatic heterocycles. The fraction of sp³-hybridized carbons (Fsp3) is 0.671. The number of carboxylic acids is 3. The van der Waals surface area contributed by atoms with Crippen molar-refractivity contribution in [3.05, 3.63) is 18.2 Å². The number of likely N-dealkylation sites (tertiary alicyclic amines) is 1. The lowest BCUT2D eigenvalue weighted by Crippen LogP contribution is -2.63. The van der Waals surface area contributed by atoms with Crippen LogP contribution in [0.25, 0.3) is 0 Å². The third-order valence-corrected chi connectivity index (χ3v) is 22.5. The van der Waals surface area contributed by atoms with Gasteiger partial charge in [0.1, 0.15) is 103 Å². The Balaban J connectivity index is 2.44. The average molecular weight is 2110 g/mol. The molecule has 63 nitrogen and oxygen atoms in total. The van der Waals surface area contributed by atoms with Crippen molar-refractivity contribution in [1.29, 1.82) is 10.8 Å². The Bertz CT molecular complexity index is 4650. The number of unbranched alkanes of at least 4 members (excludes halogenated alkanes) is 3. The Labute approximate surface area is 848 Å². The maximum Gasteiger partial charge on any atom is 0.326 e. The molecule has 1 aliphatic heterocycles. The van der Waals surface area contributed by atoms with Crippen LogP contribution in [0.5, 0.6) is 0 Å². The van der Waals surface area contributed by atoms with Gasteiger partial charge in [-0.3, -0.25) is 116 Å². The highest BCUT2D eigenvalue weighted by atomic mass is 16.4. The molecule has 1 aromatic rings. The molecule has 0 bridgehead atoms. The van der Waals surface area contributed by atoms with Gasteiger partial charge in [0.2, 0.25) is 118 Å². The zero-order valence-corrected chi connectivity index (χ0v) is 82.5. The van der Waals surface area contributed by atoms with Crippen LogP contribution in [0.15, 0.2) is 12.5 Å². The summed E-state index contributed by atoms with van der Waals surface area (Å²) in [7, 11) is 0. The molecule has 0 aromatic carbocycles. The molecule has 2 rings (SSSR count). The van der Waals surface area contributed by atoms with E-state index in [1.807, 2.05) is 10.6 Å². The monoisotopic (exact) mass is 2110 g/mol. The van der Waals surface area contributed by atoms with Gasteiger partial charge < -0.3 is 198 Å². The van der Waals surface area contributed by atoms with Crippen LogP contribution < -0.4 is 147 Å². The van der Waals surface area contributed by atoms with E-state index in [1.165, 1.54) is 26.4 Å². The summed E-state index contributed by atoms with van der Waals surface area (Å²) in [4.78, 5) is 318. The van der Waals surface area contributed by atoms with E-state index in [1.54, 1.807) is 0 Å². The number of primary amides is 2. The summed E-state index contributed by atoms with van der Waals surface area (Å²) in [6.07, 6.45) is -4.15. The molecule has 1 fully saturated rings. The number of hydrogen-bond acceptors (Lipinski definition) is 35. The molecule has 0 saturated carbocycles. The number of guanidine groups is 2. The van der Waals surface area contributed by atoms with Gasteiger partial charge >= 0.3 is 17.9 Å². The second kappa shape index (κ2) is 68.5. The number of aliphatic hydroxyl groups excluding tert-OH is 5. The van der Waals surface area contributed by atoms with Gasteiger partial charge in [0.05, 0.1) is 64.3 Å². The van der Waals surface area contributed by atoms with Gasteiger partial charge in [-0.1, -0.05) is 13.8 Å². The number of aromatic nitrogens is 2. The lowest BCUT2D eigenvalue weighted by molar-refractivity contribution is -0.147. The molecule has 46 N–H and O–H groups in total. The summed E-state index contributed by atoms with van der Waals surface area (Å²) >= 11 is 0. The van der Waals surface area contributed by atoms with E-state index < -0.39 is 347 Å². The molecule has 20 amide bonds. The van der Waals surface area contributed by atoms with Crippen LogP contribution >= 0.6 is 0 Å². The van der Waals surface area contributed by atoms with Crippen molar-refractivity contribution in [2.24, 2.45) is 51.8 Å². The minimum atomic E-state index is -2.06. The van der Waals surface area contributed by atoms with E-state index in [0.29, 0.717) is 0 Å². The normalized spacial score (nSPS) is 15.7. The fourth-order valence-electron chi connectivity index (χ4n) is 14.4. The molecule has 0 unspecified atom stereocenters. The number of nitrogens with zero attached hydrogens (tertiary/aromatic N) is 2. The predicted molar refractivity (Wildman–Crippen MR) is 515 cm³/mol. The van der Waals surface area contributed by atoms with Crippen molar-refractivity contribution >= 4 is 148 Å². The number of amides is 20. The molecule has 148 heavy (non-hydrogen) atoms. The van der Waals surface area contributed by atoms with Crippen molar-refractivity contribution in [2.45, 2.75) is 284 Å². The molecule has 1 saturated heterocycles. The number of rotatable bonds is 74. The standard InChI is InChI=1S/C85H146N32O31/c1-40(2)64(115-79(143)58-19-13-29-117(58)82(146)57(38-121)114-73(137)47(15-6-9-25-87)105-74(138)51(21-23-60(91)124)103-66(130)41(3)101-69(133)50(20-22-59(90)123)108-76(140)54(35-118)111-67(131)44(89)31-62(126)127)80(144)109-48(16-7-10-26-88)72(136)112-55(36-119)77(141)107-46(14-5-8-24-86)71(135)113-56(37-120)78(142)116-65(42(4)122)81(145)110-52(30-43-33-96-39-100-43)75(139)106-49(18-12-28-98-85(94)95)70(134)104-45(17-11-27-97-84(92)93)68(132)99-34-61(125)102-53(83(147)148)32-63(128)129/h33,39-42,44-58,64-65,118-122H,5-32,34-38,86-89H2,1-4H3,(H2,90,123)(H2,91,124)(H,96,100)(H,99,132)(H,101,133)(H,102,125)(H,103,130)(H,104,134)(H,105,138)(H,106,139)(H,107,141)(H,108,140)(H,109,144)(H,110,145)(H,111,131)(H,112,136)(H,113,135)(H,114,137)(H,115,143)(H,116,142)(H,126,127)(H,128,129)(H,147,148)(H4,92,93,97)(H4,94,95,98)/t41-,42+,44-,45-,46-,47-,48-,49-,50-,51-,52-,53-,54-,55-,56-,57-,58-,64-,65-/m0/s1. The van der Waals surface area contributed by atoms with Crippen molar-refractivity contribution in [2.75, 3.05) is 72.2 Å². The second-order valence-electron chi connectivity index (χ2n) is 34.9. The van der Waals surface area contributed by atoms with Crippen LogP contribution in [-0.4, -0.2) is 391 Å². The van der Waals surface area contributed by atoms with Gasteiger partial charge in [0.25, 0.3) is 0 Å². The van der Waals surface area contributed by atoms with Crippen molar-refractivity contribution in [3.8, 4) is 0 Å². The van der Waals surface area contributed by atoms with Gasteiger partial charge in [-0.05, 0) is 149 Å². The van der Waals surface area contributed by atoms with Crippen molar-refractivity contribution in [1.82, 2.24) is 116 Å². The van der Waals surface area contributed by atoms with E-state index in [0.717, 1.165) is 18.7 Å². The number of carbonyl (C=O) groups is 23. The summed E-state index contributed by atoms with van der Waals surface area (Å²) in [6.45, 7) is -0.529. The Kier molecular flexibility index (Phi) is 59.9. The minimum Gasteiger partial charge on any atom is -0.481 e. The highest BCUT2D eigenvalue weighted by molar-refractivity contribution is 6.03. The maximum atomic E-state index is 14.6. The zero-order valence-electron chi connectivity index (χ0n) is 82.5. The third kappa shape index (κ3) is 48.5. The van der Waals surface area contributed by atoms with E-state index in [4.69, 9.17) is 66.9 Å². The smallest absolute Gasteiger partial charge is 0.326 e. The highest BCUT2D eigenvalue weighted by Crippen LogP contribution is 2.21. The lowest BCUT2D eigenvalue weighted by Gasteiger charge is -2.31. The summed E-state index contributed by atoms with van der Waals surface area (Å²) < 4.78 is 0. The first kappa shape index (κ1) is 129. The van der Waals surface area contributed by atoms with Crippen LogP contribution in [0.3, 0.4) is 0 Å². The number of aliphatic carboxylic acids is 3. The number of nitrogens with two attached hydrogens (primary N) is 8. The first-order valence-electron chi connectivity index (χ1n) is 47.6. The van der Waals surface area contributed by atoms with Gasteiger partial charge in [-0.25, -0.2) is 9.78 Å². The minimum absolute atomic E-state index is 0.00182. The number of nitrogens with one attached hydrogen (secondary N) is 22. The molecular formula is C85H146N32O31. The number of aliphatic hydroxyl groups is 5. The van der Waals surface area contributed by atoms with E-state index in [2.05, 4.69) is 100 Å². The second-order valence-corrected chi connectivity index (χ2v) is 34.9. The zero-order chi connectivity index (χ0) is 112. The van der Waals surface area contributed by atoms with Crippen molar-refractivity contribution < 1.29 is 151 Å². The Morgan fingerprint density at radius 1 is 0.405 bits per heavy atom. The molecule has 0 spiro atoms. The van der Waals surface area contributed by atoms with Gasteiger partial charge in [0, 0.05) is 50.8 Å². The number of carbonyl (C=O) groups excluding carboxylic acids is 20. The molecule has 19 atom stereocenters. The van der Waals surface area contributed by atoms with E-state index in [9.17, 15) is 141 Å². The predicted octanol–water partition coefficient (Wildman–Crippen LogP) is -17.4. The Morgan fingerprint density at radius 3 is 1.15 bits per heavy atom. The molecule has 0 aliphatic carbocycles. The number of aromatic amines is 1. The van der Waals surface area contributed by atoms with Gasteiger partial charge in [0.15, 0.2) is 11.9 Å². The van der Waals surface area contributed by atoms with Crippen LogP contribution in [-0.2, 0) is 117 Å². The van der Waals surface area contributed by atoms with Crippen LogP contribution in [0.4, 0.5) is 0 Å². The third-order valence-electron chi connectivity index (χ3n) is 22.5. The first-order chi connectivity index (χ1) is 69.8. The molecule has 0 radical (unpaired) electrons. The molecule has 1 aliphatic rings. The lowest BCUT2D eigenvalue weighted by atomic mass is 10.0. The Hall–Kier alpha value is -14.8. The van der Waals surface area contributed by atoms with Gasteiger partial charge in [-0.2, -0.15) is 0 Å². The number of H-pyrrole nitrogens is 1. The highest BCUT2D eigenvalue weighted by Gasteiger charge is 2.44. The topological polar surface area (TPSA) is 1070 Å². The largest absolute Gasteiger partial charge is 0.481 e. The quantitative estimate of drug-likeness (QED) is 0.0164. The number of hydrogen-bond donors (Lipinski definition) is 38. The maximum absolute atomic E-state index is 14.6. The molecule has 2 heterocycles. The molecular weight excluding hydrogens is 1970 g/mol. The summed E-state index contributed by atoms with van der Waals surface area (Å²) in [5.74, 6) is -29.1. The van der Waals surface area contributed by atoms with Crippen LogP contribution in [0.2, 0.25) is 0 Å². The SMILES string of the molecule is CC(C)[C@H](NC(=O)[C@@H]1CCCN1C(=O)[C@H](CO)NC(=O)[C@H](CCCCN)NC(=O)[C@H](CCC(N)=O)NC(=O)[C@H](C)NC(=O)[C@H](CCC(N)=O)NC(=O)[C@H](CO)NC(=O)[C@@H](N)CC(=O)O)C(=O)N[C@@H](CCCCN)C(=O)N[C@@H](CO)C(=O)N[C@@H](CCCCN)C(=O)N[C@@H](CO)C(=O)N[C@H](C(=O)N[C@@H](Cc1cnc[nH]1)C(=O)N[C@@H](CCCNC(=N)N)C(=O)N[C@@H](CCCNC(=N)N)C(=O)NCC(=O)N[C@@H](CC(=O)O)C(=O)O)[C@@H](C)O. The van der Waals surface area contributed by atoms with Crippen LogP contribution in [0, 0.1) is 16.7 Å². The van der Waals surface area contributed by atoms with E-state index in [-0.39, 0.29) is 141 Å².